The minimum atomic E-state index is -0.302. The summed E-state index contributed by atoms with van der Waals surface area (Å²) in [5, 5.41) is 13.7. The van der Waals surface area contributed by atoms with Crippen LogP contribution in [0.15, 0.2) is 18.2 Å². The van der Waals surface area contributed by atoms with E-state index in [1.54, 1.807) is 7.11 Å². The van der Waals surface area contributed by atoms with Crippen LogP contribution in [0.4, 0.5) is 0 Å². The van der Waals surface area contributed by atoms with Crippen LogP contribution in [0.1, 0.15) is 25.8 Å². The number of methoxy groups -OCH3 is 1. The Morgan fingerprint density at radius 3 is 2.72 bits per heavy atom. The average Bonchev–Trinajstić information content (AvgIpc) is 2.37. The SMILES string of the molecule is CCC(C)C(O)CNCc1ccc(OC)c(Cl)c1. The van der Waals surface area contributed by atoms with Crippen LogP contribution < -0.4 is 10.1 Å². The molecule has 2 N–H and O–H groups in total. The van der Waals surface area contributed by atoms with E-state index in [0.717, 1.165) is 12.0 Å². The Hall–Kier alpha value is -0.770. The third-order valence-electron chi connectivity index (χ3n) is 3.20. The Kier molecular flexibility index (Phi) is 6.47. The van der Waals surface area contributed by atoms with Crippen molar-refractivity contribution in [3.8, 4) is 5.75 Å². The Labute approximate surface area is 114 Å². The molecule has 0 fully saturated rings. The van der Waals surface area contributed by atoms with Gasteiger partial charge in [-0.25, -0.2) is 0 Å². The number of hydrogen-bond acceptors (Lipinski definition) is 3. The molecule has 102 valence electrons. The van der Waals surface area contributed by atoms with E-state index in [0.29, 0.717) is 29.8 Å². The van der Waals surface area contributed by atoms with E-state index in [4.69, 9.17) is 16.3 Å². The number of benzene rings is 1. The van der Waals surface area contributed by atoms with Gasteiger partial charge in [-0.15, -0.1) is 0 Å². The third kappa shape index (κ3) is 4.48. The standard InChI is InChI=1S/C14H22ClNO2/c1-4-10(2)13(17)9-16-8-11-5-6-14(18-3)12(15)7-11/h5-7,10,13,16-17H,4,8-9H2,1-3H3. The van der Waals surface area contributed by atoms with Crippen LogP contribution in [0.5, 0.6) is 5.75 Å². The predicted molar refractivity (Wildman–Crippen MR) is 75.2 cm³/mol. The molecule has 0 aliphatic heterocycles. The van der Waals surface area contributed by atoms with E-state index in [-0.39, 0.29) is 6.10 Å². The van der Waals surface area contributed by atoms with Gasteiger partial charge in [0.15, 0.2) is 0 Å². The fourth-order valence-electron chi connectivity index (χ4n) is 1.66. The summed E-state index contributed by atoms with van der Waals surface area (Å²) in [6, 6.07) is 5.70. The number of aliphatic hydroxyl groups is 1. The molecule has 0 aliphatic carbocycles. The molecule has 0 spiro atoms. The molecular formula is C14H22ClNO2. The van der Waals surface area contributed by atoms with Gasteiger partial charge in [-0.2, -0.15) is 0 Å². The zero-order chi connectivity index (χ0) is 13.5. The van der Waals surface area contributed by atoms with E-state index in [1.165, 1.54) is 0 Å². The fourth-order valence-corrected chi connectivity index (χ4v) is 1.94. The molecule has 0 bridgehead atoms. The van der Waals surface area contributed by atoms with Gasteiger partial charge in [0.25, 0.3) is 0 Å². The van der Waals surface area contributed by atoms with Crippen molar-refractivity contribution in [2.45, 2.75) is 32.9 Å². The van der Waals surface area contributed by atoms with E-state index >= 15 is 0 Å². The topological polar surface area (TPSA) is 41.5 Å². The Morgan fingerprint density at radius 2 is 2.17 bits per heavy atom. The minimum absolute atomic E-state index is 0.302. The summed E-state index contributed by atoms with van der Waals surface area (Å²) in [5.41, 5.74) is 1.08. The van der Waals surface area contributed by atoms with Gasteiger partial charge in [0.2, 0.25) is 0 Å². The highest BCUT2D eigenvalue weighted by atomic mass is 35.5. The number of rotatable bonds is 7. The number of aliphatic hydroxyl groups excluding tert-OH is 1. The normalized spacial score (nSPS) is 14.3. The van der Waals surface area contributed by atoms with Gasteiger partial charge < -0.3 is 15.2 Å². The number of halogens is 1. The summed E-state index contributed by atoms with van der Waals surface area (Å²) < 4.78 is 5.10. The lowest BCUT2D eigenvalue weighted by Crippen LogP contribution is -2.31. The molecule has 1 rings (SSSR count). The van der Waals surface area contributed by atoms with Crippen molar-refractivity contribution in [1.29, 1.82) is 0 Å². The van der Waals surface area contributed by atoms with Crippen LogP contribution in [-0.2, 0) is 6.54 Å². The molecule has 0 amide bonds. The molecule has 3 nitrogen and oxygen atoms in total. The highest BCUT2D eigenvalue weighted by Gasteiger charge is 2.11. The summed E-state index contributed by atoms with van der Waals surface area (Å²) in [7, 11) is 1.60. The van der Waals surface area contributed by atoms with E-state index in [2.05, 4.69) is 19.2 Å². The number of nitrogens with one attached hydrogen (secondary N) is 1. The second kappa shape index (κ2) is 7.62. The molecule has 0 saturated heterocycles. The second-order valence-corrected chi connectivity index (χ2v) is 4.96. The maximum atomic E-state index is 9.82. The van der Waals surface area contributed by atoms with Crippen LogP contribution in [-0.4, -0.2) is 24.9 Å². The molecule has 0 heterocycles. The molecule has 4 heteroatoms. The first-order valence-electron chi connectivity index (χ1n) is 6.29. The van der Waals surface area contributed by atoms with E-state index in [9.17, 15) is 5.11 Å². The molecule has 0 saturated carbocycles. The van der Waals surface area contributed by atoms with Gasteiger partial charge >= 0.3 is 0 Å². The van der Waals surface area contributed by atoms with Crippen molar-refractivity contribution in [3.63, 3.8) is 0 Å². The average molecular weight is 272 g/mol. The van der Waals surface area contributed by atoms with Gasteiger partial charge in [-0.1, -0.05) is 37.9 Å². The van der Waals surface area contributed by atoms with Crippen molar-refractivity contribution in [1.82, 2.24) is 5.32 Å². The molecule has 1 aromatic carbocycles. The first-order valence-corrected chi connectivity index (χ1v) is 6.67. The van der Waals surface area contributed by atoms with Crippen molar-refractivity contribution in [2.24, 2.45) is 5.92 Å². The van der Waals surface area contributed by atoms with Crippen molar-refractivity contribution in [2.75, 3.05) is 13.7 Å². The second-order valence-electron chi connectivity index (χ2n) is 4.55. The van der Waals surface area contributed by atoms with E-state index in [1.807, 2.05) is 18.2 Å². The summed E-state index contributed by atoms with van der Waals surface area (Å²) >= 11 is 6.04. The maximum absolute atomic E-state index is 9.82. The highest BCUT2D eigenvalue weighted by molar-refractivity contribution is 6.32. The first-order chi connectivity index (χ1) is 8.58. The molecule has 1 aromatic rings. The zero-order valence-corrected chi connectivity index (χ0v) is 12.0. The lowest BCUT2D eigenvalue weighted by Gasteiger charge is -2.17. The molecule has 2 unspecified atom stereocenters. The number of hydrogen-bond donors (Lipinski definition) is 2. The third-order valence-corrected chi connectivity index (χ3v) is 3.49. The Bertz CT molecular complexity index is 371. The maximum Gasteiger partial charge on any atom is 0.137 e. The van der Waals surface area contributed by atoms with Crippen LogP contribution in [0, 0.1) is 5.92 Å². The molecular weight excluding hydrogens is 250 g/mol. The van der Waals surface area contributed by atoms with E-state index < -0.39 is 0 Å². The molecule has 0 aliphatic rings. The monoisotopic (exact) mass is 271 g/mol. The van der Waals surface area contributed by atoms with Crippen LogP contribution in [0.25, 0.3) is 0 Å². The zero-order valence-electron chi connectivity index (χ0n) is 11.2. The Balaban J connectivity index is 2.42. The van der Waals surface area contributed by atoms with Gasteiger partial charge in [0.05, 0.1) is 18.2 Å². The van der Waals surface area contributed by atoms with Gasteiger partial charge in [0, 0.05) is 13.1 Å². The minimum Gasteiger partial charge on any atom is -0.495 e. The summed E-state index contributed by atoms with van der Waals surface area (Å²) in [5.74, 6) is 0.997. The van der Waals surface area contributed by atoms with Crippen LogP contribution in [0.3, 0.4) is 0 Å². The highest BCUT2D eigenvalue weighted by Crippen LogP contribution is 2.24. The van der Waals surface area contributed by atoms with Gasteiger partial charge in [-0.3, -0.25) is 0 Å². The molecule has 0 aromatic heterocycles. The quantitative estimate of drug-likeness (QED) is 0.801. The largest absolute Gasteiger partial charge is 0.495 e. The first kappa shape index (κ1) is 15.3. The smallest absolute Gasteiger partial charge is 0.137 e. The molecule has 2 atom stereocenters. The van der Waals surface area contributed by atoms with Crippen LogP contribution in [0.2, 0.25) is 5.02 Å². The van der Waals surface area contributed by atoms with Crippen LogP contribution >= 0.6 is 11.6 Å². The summed E-state index contributed by atoms with van der Waals surface area (Å²) in [6.45, 7) is 5.42. The van der Waals surface area contributed by atoms with Gasteiger partial charge in [0.1, 0.15) is 5.75 Å². The van der Waals surface area contributed by atoms with Crippen molar-refractivity contribution < 1.29 is 9.84 Å². The summed E-state index contributed by atoms with van der Waals surface area (Å²) in [6.07, 6.45) is 0.681. The fraction of sp³-hybridized carbons (Fsp3) is 0.571. The molecule has 0 radical (unpaired) electrons. The van der Waals surface area contributed by atoms with Crippen molar-refractivity contribution >= 4 is 11.6 Å². The lowest BCUT2D eigenvalue weighted by atomic mass is 10.0. The number of ether oxygens (including phenoxy) is 1. The molecule has 18 heavy (non-hydrogen) atoms. The van der Waals surface area contributed by atoms with Gasteiger partial charge in [-0.05, 0) is 23.6 Å². The Morgan fingerprint density at radius 1 is 1.44 bits per heavy atom. The predicted octanol–water partition coefficient (Wildman–Crippen LogP) is 2.85. The summed E-state index contributed by atoms with van der Waals surface area (Å²) in [4.78, 5) is 0. The lowest BCUT2D eigenvalue weighted by molar-refractivity contribution is 0.113. The van der Waals surface area contributed by atoms with Crippen molar-refractivity contribution in [3.05, 3.63) is 28.8 Å².